The number of amides is 1. The van der Waals surface area contributed by atoms with Crippen molar-refractivity contribution in [2.75, 3.05) is 27.4 Å². The number of halogens is 3. The van der Waals surface area contributed by atoms with E-state index in [1.807, 2.05) is 60.7 Å². The minimum Gasteiger partial charge on any atom is -0.496 e. The predicted molar refractivity (Wildman–Crippen MR) is 208 cm³/mol. The van der Waals surface area contributed by atoms with Crippen LogP contribution in [0.3, 0.4) is 0 Å². The van der Waals surface area contributed by atoms with Crippen molar-refractivity contribution in [3.63, 3.8) is 0 Å². The van der Waals surface area contributed by atoms with Crippen molar-refractivity contribution < 1.29 is 29.3 Å². The summed E-state index contributed by atoms with van der Waals surface area (Å²) in [6, 6.07) is 19.6. The molecule has 0 bridgehead atoms. The van der Waals surface area contributed by atoms with Crippen molar-refractivity contribution in [3.05, 3.63) is 98.6 Å². The lowest BCUT2D eigenvalue weighted by Crippen LogP contribution is -2.35. The van der Waals surface area contributed by atoms with Crippen LogP contribution in [0.1, 0.15) is 42.4 Å². The fraction of sp³-hybridized carbons (Fsp3) is 0.325. The Hall–Kier alpha value is -4.32. The van der Waals surface area contributed by atoms with Gasteiger partial charge in [0.1, 0.15) is 11.5 Å². The van der Waals surface area contributed by atoms with Gasteiger partial charge in [-0.2, -0.15) is 5.10 Å². The summed E-state index contributed by atoms with van der Waals surface area (Å²) in [5.41, 5.74) is 6.80. The van der Waals surface area contributed by atoms with Crippen LogP contribution in [0.25, 0.3) is 33.2 Å². The number of carbonyl (C=O) groups excluding carboxylic acids is 1. The highest BCUT2D eigenvalue weighted by Crippen LogP contribution is 2.42. The first-order valence-corrected chi connectivity index (χ1v) is 18.5. The van der Waals surface area contributed by atoms with Crippen LogP contribution in [0.4, 0.5) is 0 Å². The Bertz CT molecular complexity index is 2140. The zero-order valence-corrected chi connectivity index (χ0v) is 31.7. The first kappa shape index (κ1) is 38.4. The molecule has 278 valence electrons. The van der Waals surface area contributed by atoms with Crippen LogP contribution in [-0.4, -0.2) is 65.3 Å². The summed E-state index contributed by atoms with van der Waals surface area (Å²) in [5, 5.41) is 32.2. The maximum atomic E-state index is 11.5. The average molecular weight is 780 g/mol. The number of hydrogen-bond donors (Lipinski definition) is 4. The Morgan fingerprint density at radius 3 is 2.47 bits per heavy atom. The highest BCUT2D eigenvalue weighted by atomic mass is 35.5. The third-order valence-electron chi connectivity index (χ3n) is 9.77. The largest absolute Gasteiger partial charge is 0.496 e. The number of carbonyl (C=O) groups is 2. The van der Waals surface area contributed by atoms with Crippen LogP contribution >= 0.6 is 34.8 Å². The molecule has 1 aliphatic heterocycles. The molecule has 10 nitrogen and oxygen atoms in total. The molecule has 0 spiro atoms. The quantitative estimate of drug-likeness (QED) is 0.0798. The number of benzene rings is 4. The number of aliphatic hydroxyl groups excluding tert-OH is 1. The zero-order valence-electron chi connectivity index (χ0n) is 29.4. The lowest BCUT2D eigenvalue weighted by molar-refractivity contribution is -0.143. The van der Waals surface area contributed by atoms with E-state index in [1.54, 1.807) is 25.1 Å². The predicted octanol–water partition coefficient (Wildman–Crippen LogP) is 7.78. The van der Waals surface area contributed by atoms with Gasteiger partial charge in [0, 0.05) is 52.7 Å². The van der Waals surface area contributed by atoms with Crippen molar-refractivity contribution in [3.8, 4) is 33.8 Å². The molecule has 1 fully saturated rings. The second-order valence-electron chi connectivity index (χ2n) is 13.2. The maximum Gasteiger partial charge on any atom is 0.308 e. The molecule has 0 saturated carbocycles. The molecule has 4 aromatic carbocycles. The smallest absolute Gasteiger partial charge is 0.308 e. The number of aryl methyl sites for hydroxylation is 1. The fourth-order valence-corrected chi connectivity index (χ4v) is 7.73. The van der Waals surface area contributed by atoms with Gasteiger partial charge in [0.05, 0.1) is 55.0 Å². The summed E-state index contributed by atoms with van der Waals surface area (Å²) in [6.07, 6.45) is 4.62. The second-order valence-corrected chi connectivity index (χ2v) is 14.3. The second kappa shape index (κ2) is 17.2. The molecule has 5 aromatic rings. The number of hydrogen-bond acceptors (Lipinski definition) is 7. The Morgan fingerprint density at radius 1 is 0.981 bits per heavy atom. The van der Waals surface area contributed by atoms with Gasteiger partial charge in [0.25, 0.3) is 0 Å². The number of nitrogens with one attached hydrogen (secondary N) is 2. The van der Waals surface area contributed by atoms with E-state index >= 15 is 0 Å². The summed E-state index contributed by atoms with van der Waals surface area (Å²) in [4.78, 5) is 22.8. The molecule has 0 radical (unpaired) electrons. The SMILES string of the molecule is COc1cc(Cn2ncc3c(-c4cccc(-c5ccc(CNC[C@@H]6CCC(=O)N6)c(OC)c5)c4Cl)ccc(Cl)c32)c(Cl)cc1CCC[C@@H](CO)C(=O)O. The van der Waals surface area contributed by atoms with E-state index in [4.69, 9.17) is 49.4 Å². The van der Waals surface area contributed by atoms with Gasteiger partial charge in [-0.3, -0.25) is 14.3 Å². The highest BCUT2D eigenvalue weighted by Gasteiger charge is 2.22. The van der Waals surface area contributed by atoms with Crippen LogP contribution in [0.2, 0.25) is 15.1 Å². The Morgan fingerprint density at radius 2 is 1.75 bits per heavy atom. The van der Waals surface area contributed by atoms with E-state index in [0.717, 1.165) is 62.0 Å². The number of carboxylic acids is 1. The van der Waals surface area contributed by atoms with Crippen LogP contribution in [0, 0.1) is 5.92 Å². The maximum absolute atomic E-state index is 11.5. The lowest BCUT2D eigenvalue weighted by Gasteiger charge is -2.16. The van der Waals surface area contributed by atoms with Gasteiger partial charge in [0.15, 0.2) is 0 Å². The minimum atomic E-state index is -1.01. The number of aliphatic hydroxyl groups is 1. The molecule has 13 heteroatoms. The minimum absolute atomic E-state index is 0.0994. The molecule has 0 unspecified atom stereocenters. The number of nitrogens with zero attached hydrogens (tertiary/aromatic N) is 2. The molecule has 6 rings (SSSR count). The van der Waals surface area contributed by atoms with E-state index in [0.29, 0.717) is 66.1 Å². The van der Waals surface area contributed by atoms with Crippen molar-refractivity contribution in [1.82, 2.24) is 20.4 Å². The Balaban J connectivity index is 1.24. The van der Waals surface area contributed by atoms with E-state index in [9.17, 15) is 19.8 Å². The Labute approximate surface area is 323 Å². The number of aromatic nitrogens is 2. The zero-order chi connectivity index (χ0) is 37.6. The van der Waals surface area contributed by atoms with Gasteiger partial charge in [-0.25, -0.2) is 0 Å². The van der Waals surface area contributed by atoms with Crippen molar-refractivity contribution in [2.45, 2.75) is 51.2 Å². The van der Waals surface area contributed by atoms with Crippen molar-refractivity contribution in [1.29, 1.82) is 0 Å². The molecule has 2 heterocycles. The molecule has 2 atom stereocenters. The van der Waals surface area contributed by atoms with E-state index in [1.165, 1.54) is 0 Å². The summed E-state index contributed by atoms with van der Waals surface area (Å²) in [6.45, 7) is 1.20. The summed E-state index contributed by atoms with van der Waals surface area (Å²) in [5.74, 6) is -0.354. The lowest BCUT2D eigenvalue weighted by atomic mass is 9.96. The van der Waals surface area contributed by atoms with Gasteiger partial charge < -0.3 is 30.3 Å². The summed E-state index contributed by atoms with van der Waals surface area (Å²) >= 11 is 20.8. The van der Waals surface area contributed by atoms with E-state index in [-0.39, 0.29) is 11.9 Å². The molecule has 0 aliphatic carbocycles. The van der Waals surface area contributed by atoms with Crippen LogP contribution in [0.5, 0.6) is 11.5 Å². The molecule has 1 aliphatic rings. The van der Waals surface area contributed by atoms with Crippen LogP contribution < -0.4 is 20.1 Å². The average Bonchev–Trinajstić information content (AvgIpc) is 3.77. The topological polar surface area (TPSA) is 135 Å². The summed E-state index contributed by atoms with van der Waals surface area (Å²) < 4.78 is 13.3. The van der Waals surface area contributed by atoms with E-state index in [2.05, 4.69) is 10.6 Å². The van der Waals surface area contributed by atoms with Crippen molar-refractivity contribution in [2.24, 2.45) is 5.92 Å². The number of aliphatic carboxylic acids is 1. The van der Waals surface area contributed by atoms with Crippen LogP contribution in [-0.2, 0) is 29.1 Å². The number of methoxy groups -OCH3 is 2. The van der Waals surface area contributed by atoms with Gasteiger partial charge in [-0.1, -0.05) is 71.2 Å². The third-order valence-corrected chi connectivity index (χ3v) is 10.8. The molecule has 53 heavy (non-hydrogen) atoms. The molecular formula is C40H41Cl3N4O6. The fourth-order valence-electron chi connectivity index (χ4n) is 6.88. The van der Waals surface area contributed by atoms with Gasteiger partial charge in [-0.05, 0) is 72.2 Å². The number of rotatable bonds is 16. The summed E-state index contributed by atoms with van der Waals surface area (Å²) in [7, 11) is 3.23. The number of carboxylic acid groups (broad SMARTS) is 1. The van der Waals surface area contributed by atoms with Gasteiger partial charge in [-0.15, -0.1) is 0 Å². The first-order chi connectivity index (χ1) is 25.6. The Kier molecular flexibility index (Phi) is 12.5. The number of fused-ring (bicyclic) bond motifs is 1. The van der Waals surface area contributed by atoms with Crippen LogP contribution in [0.15, 0.2) is 66.9 Å². The number of ether oxygens (including phenoxy) is 2. The monoisotopic (exact) mass is 778 g/mol. The van der Waals surface area contributed by atoms with Gasteiger partial charge in [0.2, 0.25) is 5.91 Å². The third kappa shape index (κ3) is 8.58. The van der Waals surface area contributed by atoms with E-state index < -0.39 is 18.5 Å². The molecule has 1 aromatic heterocycles. The first-order valence-electron chi connectivity index (χ1n) is 17.4. The molecule has 4 N–H and O–H groups in total. The standard InChI is InChI=1S/C40H41Cl3N4O6/c1-52-35-17-27(34(42)15-24(35)5-3-6-26(22-48)40(50)51)21-47-39-32(20-45-47)30(12-13-33(39)41)31-8-4-7-29(38(31)43)23-9-10-25(36(16-23)53-2)18-44-19-28-11-14-37(49)46-28/h4,7-10,12-13,15-17,20,26,28,44,48H,3,5-6,11,14,18-19,21-22H2,1-2H3,(H,46,49)(H,50,51)/t26-,28-/m0/s1. The molecule has 1 saturated heterocycles. The van der Waals surface area contributed by atoms with Gasteiger partial charge >= 0.3 is 5.97 Å². The molecular weight excluding hydrogens is 739 g/mol. The normalized spacial score (nSPS) is 14.8. The highest BCUT2D eigenvalue weighted by molar-refractivity contribution is 6.38. The van der Waals surface area contributed by atoms with Crippen molar-refractivity contribution >= 4 is 57.6 Å². The molecule has 1 amide bonds.